The fourth-order valence-corrected chi connectivity index (χ4v) is 2.23. The van der Waals surface area contributed by atoms with Crippen LogP contribution in [0.3, 0.4) is 0 Å². The van der Waals surface area contributed by atoms with E-state index in [0.717, 1.165) is 11.3 Å². The number of carbonyl (C=O) groups excluding carboxylic acids is 1. The molecule has 3 heteroatoms. The lowest BCUT2D eigenvalue weighted by atomic mass is 10.1. The topological polar surface area (TPSA) is 41.1 Å². The Morgan fingerprint density at radius 3 is 2.48 bits per heavy atom. The smallest absolute Gasteiger partial charge is 0.228 e. The average molecular weight is 282 g/mol. The maximum absolute atomic E-state index is 12.0. The molecule has 0 aromatic heterocycles. The van der Waals surface area contributed by atoms with Gasteiger partial charge in [0.2, 0.25) is 5.91 Å². The minimum Gasteiger partial charge on any atom is -0.326 e. The van der Waals surface area contributed by atoms with Crippen LogP contribution in [0.2, 0.25) is 0 Å². The van der Waals surface area contributed by atoms with Crippen molar-refractivity contribution in [3.8, 4) is 0 Å². The van der Waals surface area contributed by atoms with Crippen molar-refractivity contribution in [1.82, 2.24) is 5.32 Å². The fourth-order valence-electron chi connectivity index (χ4n) is 2.23. The van der Waals surface area contributed by atoms with Gasteiger partial charge in [-0.2, -0.15) is 0 Å². The third-order valence-corrected chi connectivity index (χ3v) is 3.57. The minimum atomic E-state index is 0.00927. The van der Waals surface area contributed by atoms with Crippen molar-refractivity contribution in [3.05, 3.63) is 65.2 Å². The number of benzene rings is 2. The molecule has 0 saturated carbocycles. The summed E-state index contributed by atoms with van der Waals surface area (Å²) >= 11 is 0. The van der Waals surface area contributed by atoms with Gasteiger partial charge < -0.3 is 10.6 Å². The highest BCUT2D eigenvalue weighted by Gasteiger charge is 2.06. The van der Waals surface area contributed by atoms with Gasteiger partial charge in [-0.05, 0) is 44.2 Å². The van der Waals surface area contributed by atoms with Gasteiger partial charge in [0.05, 0.1) is 6.42 Å². The molecule has 0 aliphatic heterocycles. The Hall–Kier alpha value is -2.13. The lowest BCUT2D eigenvalue weighted by molar-refractivity contribution is -0.115. The number of nitrogens with one attached hydrogen (secondary N) is 2. The molecule has 1 amide bonds. The molecule has 2 aromatic rings. The normalized spacial score (nSPS) is 12.0. The Morgan fingerprint density at radius 2 is 1.86 bits per heavy atom. The molecule has 0 saturated heterocycles. The summed E-state index contributed by atoms with van der Waals surface area (Å²) in [6, 6.07) is 16.3. The lowest BCUT2D eigenvalue weighted by Crippen LogP contribution is -2.15. The standard InChI is InChI=1S/C18H22N2O/c1-13-5-4-6-15(11-13)12-18(21)20-17-9-7-16(8-10-17)14(2)19-3/h4-11,14,19H,12H2,1-3H3,(H,20,21). The van der Waals surface area contributed by atoms with E-state index in [1.807, 2.05) is 62.5 Å². The Kier molecular flexibility index (Phi) is 5.12. The van der Waals surface area contributed by atoms with Gasteiger partial charge in [-0.15, -0.1) is 0 Å². The zero-order valence-corrected chi connectivity index (χ0v) is 12.8. The van der Waals surface area contributed by atoms with Crippen molar-refractivity contribution >= 4 is 11.6 Å². The molecule has 2 aromatic carbocycles. The molecule has 3 nitrogen and oxygen atoms in total. The highest BCUT2D eigenvalue weighted by Crippen LogP contribution is 2.16. The summed E-state index contributed by atoms with van der Waals surface area (Å²) in [4.78, 5) is 12.0. The van der Waals surface area contributed by atoms with Crippen molar-refractivity contribution in [2.75, 3.05) is 12.4 Å². The zero-order valence-electron chi connectivity index (χ0n) is 12.8. The summed E-state index contributed by atoms with van der Waals surface area (Å²) in [6.45, 7) is 4.13. The SMILES string of the molecule is CNC(C)c1ccc(NC(=O)Cc2cccc(C)c2)cc1. The summed E-state index contributed by atoms with van der Waals surface area (Å²) in [7, 11) is 1.93. The van der Waals surface area contributed by atoms with E-state index in [-0.39, 0.29) is 5.91 Å². The molecule has 1 unspecified atom stereocenters. The number of carbonyl (C=O) groups is 1. The molecule has 1 atom stereocenters. The maximum Gasteiger partial charge on any atom is 0.228 e. The zero-order chi connectivity index (χ0) is 15.2. The van der Waals surface area contributed by atoms with Gasteiger partial charge in [0.15, 0.2) is 0 Å². The first-order chi connectivity index (χ1) is 10.1. The molecule has 0 radical (unpaired) electrons. The fraction of sp³-hybridized carbons (Fsp3) is 0.278. The van der Waals surface area contributed by atoms with E-state index in [1.54, 1.807) is 0 Å². The lowest BCUT2D eigenvalue weighted by Gasteiger charge is -2.11. The number of hydrogen-bond donors (Lipinski definition) is 2. The summed E-state index contributed by atoms with van der Waals surface area (Å²) in [6.07, 6.45) is 0.399. The van der Waals surface area contributed by atoms with E-state index in [0.29, 0.717) is 12.5 Å². The number of amides is 1. The number of rotatable bonds is 5. The quantitative estimate of drug-likeness (QED) is 0.882. The van der Waals surface area contributed by atoms with Crippen LogP contribution in [0, 0.1) is 6.92 Å². The van der Waals surface area contributed by atoms with Crippen LogP contribution in [0.1, 0.15) is 29.7 Å². The third-order valence-electron chi connectivity index (χ3n) is 3.57. The Balaban J connectivity index is 1.96. The molecular weight excluding hydrogens is 260 g/mol. The van der Waals surface area contributed by atoms with E-state index in [2.05, 4.69) is 17.6 Å². The number of hydrogen-bond acceptors (Lipinski definition) is 2. The number of aryl methyl sites for hydroxylation is 1. The van der Waals surface area contributed by atoms with Gasteiger partial charge >= 0.3 is 0 Å². The first-order valence-corrected chi connectivity index (χ1v) is 7.21. The van der Waals surface area contributed by atoms with Gasteiger partial charge in [0.1, 0.15) is 0 Å². The molecule has 0 aliphatic rings. The molecular formula is C18H22N2O. The first kappa shape index (κ1) is 15.3. The second-order valence-electron chi connectivity index (χ2n) is 5.35. The van der Waals surface area contributed by atoms with Crippen LogP contribution < -0.4 is 10.6 Å². The van der Waals surface area contributed by atoms with Gasteiger partial charge in [-0.3, -0.25) is 4.79 Å². The van der Waals surface area contributed by atoms with Crippen molar-refractivity contribution in [2.45, 2.75) is 26.3 Å². The second-order valence-corrected chi connectivity index (χ2v) is 5.35. The van der Waals surface area contributed by atoms with Gasteiger partial charge in [0.25, 0.3) is 0 Å². The van der Waals surface area contributed by atoms with Crippen LogP contribution in [0.4, 0.5) is 5.69 Å². The van der Waals surface area contributed by atoms with Crippen molar-refractivity contribution in [1.29, 1.82) is 0 Å². The molecule has 21 heavy (non-hydrogen) atoms. The van der Waals surface area contributed by atoms with Gasteiger partial charge in [-0.1, -0.05) is 42.0 Å². The van der Waals surface area contributed by atoms with Crippen LogP contribution in [-0.4, -0.2) is 13.0 Å². The van der Waals surface area contributed by atoms with Crippen LogP contribution in [0.15, 0.2) is 48.5 Å². The number of anilines is 1. The summed E-state index contributed by atoms with van der Waals surface area (Å²) in [5.41, 5.74) is 4.24. The molecule has 110 valence electrons. The molecule has 2 N–H and O–H groups in total. The molecule has 2 rings (SSSR count). The van der Waals surface area contributed by atoms with Crippen LogP contribution in [-0.2, 0) is 11.2 Å². The molecule has 0 aliphatic carbocycles. The summed E-state index contributed by atoms with van der Waals surface area (Å²) < 4.78 is 0. The summed E-state index contributed by atoms with van der Waals surface area (Å²) in [5.74, 6) is 0.00927. The predicted molar refractivity (Wildman–Crippen MR) is 87.4 cm³/mol. The van der Waals surface area contributed by atoms with E-state index >= 15 is 0 Å². The van der Waals surface area contributed by atoms with Crippen molar-refractivity contribution < 1.29 is 4.79 Å². The predicted octanol–water partition coefficient (Wildman–Crippen LogP) is 3.46. The van der Waals surface area contributed by atoms with Crippen LogP contribution >= 0.6 is 0 Å². The third kappa shape index (κ3) is 4.43. The average Bonchev–Trinajstić information content (AvgIpc) is 2.47. The van der Waals surface area contributed by atoms with Gasteiger partial charge in [0, 0.05) is 11.7 Å². The second kappa shape index (κ2) is 7.04. The molecule has 0 bridgehead atoms. The van der Waals surface area contributed by atoms with E-state index in [4.69, 9.17) is 0 Å². The van der Waals surface area contributed by atoms with Crippen LogP contribution in [0.5, 0.6) is 0 Å². The minimum absolute atomic E-state index is 0.00927. The molecule has 0 spiro atoms. The first-order valence-electron chi connectivity index (χ1n) is 7.21. The van der Waals surface area contributed by atoms with Crippen molar-refractivity contribution in [2.24, 2.45) is 0 Å². The van der Waals surface area contributed by atoms with E-state index in [9.17, 15) is 4.79 Å². The molecule has 0 heterocycles. The highest BCUT2D eigenvalue weighted by atomic mass is 16.1. The van der Waals surface area contributed by atoms with Crippen LogP contribution in [0.25, 0.3) is 0 Å². The monoisotopic (exact) mass is 282 g/mol. The Labute approximate surface area is 126 Å². The summed E-state index contributed by atoms with van der Waals surface area (Å²) in [5, 5.41) is 6.13. The van der Waals surface area contributed by atoms with E-state index < -0.39 is 0 Å². The van der Waals surface area contributed by atoms with Gasteiger partial charge in [-0.25, -0.2) is 0 Å². The highest BCUT2D eigenvalue weighted by molar-refractivity contribution is 5.92. The Morgan fingerprint density at radius 1 is 1.14 bits per heavy atom. The van der Waals surface area contributed by atoms with Crippen molar-refractivity contribution in [3.63, 3.8) is 0 Å². The largest absolute Gasteiger partial charge is 0.326 e. The molecule has 0 fully saturated rings. The Bertz CT molecular complexity index is 605. The maximum atomic E-state index is 12.0. The van der Waals surface area contributed by atoms with E-state index in [1.165, 1.54) is 11.1 Å².